The van der Waals surface area contributed by atoms with E-state index in [1.807, 2.05) is 0 Å². The topological polar surface area (TPSA) is 0 Å². The zero-order valence-corrected chi connectivity index (χ0v) is 40.2. The van der Waals surface area contributed by atoms with Gasteiger partial charge in [-0.3, -0.25) is 0 Å². The summed E-state index contributed by atoms with van der Waals surface area (Å²) in [5.74, 6) is 0. The molecule has 0 aromatic heterocycles. The molecule has 0 radical (unpaired) electrons. The Kier molecular flexibility index (Phi) is 7.59. The summed E-state index contributed by atoms with van der Waals surface area (Å²) in [5, 5.41) is 28.7. The van der Waals surface area contributed by atoms with Gasteiger partial charge >= 0.3 is 0 Å². The Balaban J connectivity index is 0.987. The third-order valence-electron chi connectivity index (χ3n) is 17.7. The first-order valence-corrected chi connectivity index (χ1v) is 26.2. The van der Waals surface area contributed by atoms with E-state index in [1.54, 1.807) is 0 Å². The van der Waals surface area contributed by atoms with Crippen molar-refractivity contribution < 1.29 is 0 Å². The van der Waals surface area contributed by atoms with Gasteiger partial charge in [0.05, 0.1) is 0 Å². The summed E-state index contributed by atoms with van der Waals surface area (Å²) >= 11 is 0. The Hall–Kier alpha value is -9.23. The summed E-state index contributed by atoms with van der Waals surface area (Å²) in [6.07, 6.45) is 0. The van der Waals surface area contributed by atoms with Gasteiger partial charge in [-0.1, -0.05) is 215 Å². The average molecular weight is 927 g/mol. The molecule has 0 nitrogen and oxygen atoms in total. The fraction of sp³-hybridized carbons (Fsp3) is 0. The number of rotatable bonds is 2. The molecule has 74 heavy (non-hydrogen) atoms. The van der Waals surface area contributed by atoms with Crippen molar-refractivity contribution in [3.05, 3.63) is 243 Å². The highest BCUT2D eigenvalue weighted by Crippen LogP contribution is 2.46. The van der Waals surface area contributed by atoms with Crippen LogP contribution >= 0.6 is 0 Å². The van der Waals surface area contributed by atoms with Crippen molar-refractivity contribution in [1.82, 2.24) is 0 Å². The fourth-order valence-electron chi connectivity index (χ4n) is 14.6. The van der Waals surface area contributed by atoms with Gasteiger partial charge in [0.15, 0.2) is 0 Å². The maximum Gasteiger partial charge on any atom is 0.244 e. The molecule has 334 valence electrons. The molecule has 0 N–H and O–H groups in total. The minimum absolute atomic E-state index is 0.0104. The molecule has 0 saturated heterocycles. The normalized spacial score (nSPS) is 13.1. The second kappa shape index (κ2) is 14.3. The highest BCUT2D eigenvalue weighted by Gasteiger charge is 2.39. The van der Waals surface area contributed by atoms with Gasteiger partial charge in [-0.2, -0.15) is 0 Å². The van der Waals surface area contributed by atoms with Crippen LogP contribution in [0.1, 0.15) is 0 Å². The van der Waals surface area contributed by atoms with Gasteiger partial charge in [0.1, 0.15) is 0 Å². The molecule has 2 aliphatic heterocycles. The number of hydrogen-bond donors (Lipinski definition) is 0. The van der Waals surface area contributed by atoms with Crippen molar-refractivity contribution in [3.8, 4) is 22.3 Å². The van der Waals surface area contributed by atoms with Gasteiger partial charge in [0.2, 0.25) is 13.4 Å². The van der Waals surface area contributed by atoms with Crippen LogP contribution in [0.3, 0.4) is 0 Å². The maximum absolute atomic E-state index is 2.56. The van der Waals surface area contributed by atoms with E-state index in [1.165, 1.54) is 174 Å². The van der Waals surface area contributed by atoms with Gasteiger partial charge in [0.25, 0.3) is 0 Å². The number of fused-ring (bicyclic) bond motifs is 14. The van der Waals surface area contributed by atoms with Gasteiger partial charge in [0, 0.05) is 0 Å². The van der Waals surface area contributed by atoms with Crippen LogP contribution in [0.4, 0.5) is 0 Å². The van der Waals surface area contributed by atoms with Crippen LogP contribution in [0.2, 0.25) is 0 Å². The van der Waals surface area contributed by atoms with Crippen LogP contribution in [0.5, 0.6) is 0 Å². The molecule has 2 heteroatoms. The van der Waals surface area contributed by atoms with Gasteiger partial charge in [-0.25, -0.2) is 0 Å². The van der Waals surface area contributed by atoms with E-state index in [0.717, 1.165) is 0 Å². The van der Waals surface area contributed by atoms with E-state index >= 15 is 0 Å². The Bertz CT molecular complexity index is 4890. The zero-order valence-electron chi connectivity index (χ0n) is 40.2. The van der Waals surface area contributed by atoms with Crippen LogP contribution in [-0.4, -0.2) is 13.4 Å². The quantitative estimate of drug-likeness (QED) is 0.0921. The SMILES string of the molecule is c1ccc2cc3c(B4c5c(ccc6cc7ccccc7cc56)-c5cc6ccc7c8c(cc9ccc4c5c9c68)-c4ccc5cc6ccccc6cc5c4B7c4cccc5cc6ccccc6cc45)cccc3cc2c1. The largest absolute Gasteiger partial charge is 0.244 e. The molecule has 16 aromatic rings. The lowest BCUT2D eigenvalue weighted by molar-refractivity contribution is 1.70. The molecule has 18 rings (SSSR count). The summed E-state index contributed by atoms with van der Waals surface area (Å²) in [6, 6.07) is 93.7. The molecule has 16 aromatic carbocycles. The van der Waals surface area contributed by atoms with Gasteiger partial charge < -0.3 is 0 Å². The molecule has 0 fully saturated rings. The predicted octanol–water partition coefficient (Wildman–Crippen LogP) is 14.8. The highest BCUT2D eigenvalue weighted by molar-refractivity contribution is 7.02. The Labute approximate surface area is 427 Å². The average Bonchev–Trinajstić information content (AvgIpc) is 3.56. The molecule has 0 bridgehead atoms. The number of benzene rings is 16. The second-order valence-corrected chi connectivity index (χ2v) is 21.4. The molecule has 0 spiro atoms. The molecule has 0 atom stereocenters. The summed E-state index contributed by atoms with van der Waals surface area (Å²) in [5.41, 5.74) is 13.6. The van der Waals surface area contributed by atoms with Crippen molar-refractivity contribution in [1.29, 1.82) is 0 Å². The smallest absolute Gasteiger partial charge is 0.0663 e. The third kappa shape index (κ3) is 5.19. The molecule has 0 saturated carbocycles. The predicted molar refractivity (Wildman–Crippen MR) is 323 cm³/mol. The van der Waals surface area contributed by atoms with E-state index in [4.69, 9.17) is 0 Å². The Morgan fingerprint density at radius 3 is 0.865 bits per heavy atom. The Morgan fingerprint density at radius 2 is 0.486 bits per heavy atom. The molecular weight excluding hydrogens is 886 g/mol. The van der Waals surface area contributed by atoms with Crippen molar-refractivity contribution in [2.24, 2.45) is 0 Å². The van der Waals surface area contributed by atoms with Crippen molar-refractivity contribution in [2.45, 2.75) is 0 Å². The van der Waals surface area contributed by atoms with E-state index in [2.05, 4.69) is 243 Å². The maximum atomic E-state index is 2.56. The summed E-state index contributed by atoms with van der Waals surface area (Å²) in [6.45, 7) is -0.0207. The lowest BCUT2D eigenvalue weighted by Crippen LogP contribution is -2.55. The highest BCUT2D eigenvalue weighted by atomic mass is 14.3. The fourth-order valence-corrected chi connectivity index (χ4v) is 14.6. The molecule has 2 heterocycles. The molecule has 0 aliphatic carbocycles. The molecule has 0 amide bonds. The lowest BCUT2D eigenvalue weighted by Gasteiger charge is -2.33. The minimum Gasteiger partial charge on any atom is -0.0663 e. The van der Waals surface area contributed by atoms with Crippen molar-refractivity contribution in [2.75, 3.05) is 0 Å². The van der Waals surface area contributed by atoms with E-state index in [9.17, 15) is 0 Å². The second-order valence-electron chi connectivity index (χ2n) is 21.4. The van der Waals surface area contributed by atoms with Crippen LogP contribution in [0.25, 0.3) is 141 Å². The van der Waals surface area contributed by atoms with E-state index < -0.39 is 0 Å². The van der Waals surface area contributed by atoms with Crippen molar-refractivity contribution in [3.63, 3.8) is 0 Å². The Morgan fingerprint density at radius 1 is 0.176 bits per heavy atom. The molecule has 0 unspecified atom stereocenters. The molecular formula is C72H40B2. The van der Waals surface area contributed by atoms with E-state index in [-0.39, 0.29) is 13.4 Å². The minimum atomic E-state index is -0.0104. The number of hydrogen-bond acceptors (Lipinski definition) is 0. The summed E-state index contributed by atoms with van der Waals surface area (Å²) in [4.78, 5) is 0. The van der Waals surface area contributed by atoms with Crippen molar-refractivity contribution >= 4 is 165 Å². The monoisotopic (exact) mass is 926 g/mol. The van der Waals surface area contributed by atoms with E-state index in [0.29, 0.717) is 0 Å². The summed E-state index contributed by atoms with van der Waals surface area (Å²) in [7, 11) is 0. The first kappa shape index (κ1) is 39.4. The summed E-state index contributed by atoms with van der Waals surface area (Å²) < 4.78 is 0. The van der Waals surface area contributed by atoms with Crippen LogP contribution in [0, 0.1) is 0 Å². The third-order valence-corrected chi connectivity index (χ3v) is 17.7. The van der Waals surface area contributed by atoms with Gasteiger partial charge in [-0.05, 0) is 201 Å². The van der Waals surface area contributed by atoms with Crippen LogP contribution in [-0.2, 0) is 0 Å². The van der Waals surface area contributed by atoms with Gasteiger partial charge in [-0.15, -0.1) is 0 Å². The van der Waals surface area contributed by atoms with Crippen LogP contribution in [0.15, 0.2) is 243 Å². The first-order chi connectivity index (χ1) is 36.7. The molecule has 2 aliphatic rings. The van der Waals surface area contributed by atoms with Crippen LogP contribution < -0.4 is 32.8 Å². The standard InChI is InChI=1S/C72H40B2/c1-5-15-45-35-57-49(31-41(45)11-1)19-9-21-63(57)73-65-29-25-53-40-62-56-28-24-52-34-44-14-4-8-18-48(44)38-60(52)72(56)74(64-22-10-20-50-32-42-12-2-6-16-46(42)36-58(50)64)66-30-26-54-39-61(69(65)67(53)68(54)70(62)66)55-27-23-51-33-43-13-3-7-17-47(43)37-59(51)71(55)73/h1-40H. The first-order valence-electron chi connectivity index (χ1n) is 26.2. The zero-order chi connectivity index (χ0) is 47.9. The lowest BCUT2D eigenvalue weighted by atomic mass is 9.32.